The highest BCUT2D eigenvalue weighted by molar-refractivity contribution is 9.11. The molecule has 2 atom stereocenters. The van der Waals surface area contributed by atoms with Crippen molar-refractivity contribution in [1.82, 2.24) is 9.80 Å². The van der Waals surface area contributed by atoms with E-state index in [0.717, 1.165) is 72.8 Å². The summed E-state index contributed by atoms with van der Waals surface area (Å²) in [6.45, 7) is 14.9. The van der Waals surface area contributed by atoms with Crippen LogP contribution in [0.5, 0.6) is 0 Å². The van der Waals surface area contributed by atoms with Crippen molar-refractivity contribution in [1.29, 1.82) is 0 Å². The summed E-state index contributed by atoms with van der Waals surface area (Å²) in [5.41, 5.74) is 5.56. The lowest BCUT2D eigenvalue weighted by molar-refractivity contribution is -0.124. The molecule has 0 aliphatic carbocycles. The largest absolute Gasteiger partial charge is 0.306 e. The molecule has 0 radical (unpaired) electrons. The number of halogens is 2. The van der Waals surface area contributed by atoms with Crippen LogP contribution in [0.15, 0.2) is 30.9 Å². The van der Waals surface area contributed by atoms with Crippen molar-refractivity contribution < 1.29 is 9.59 Å². The Labute approximate surface area is 398 Å². The van der Waals surface area contributed by atoms with Crippen molar-refractivity contribution in [2.45, 2.75) is 228 Å². The van der Waals surface area contributed by atoms with Crippen molar-refractivity contribution in [3.63, 3.8) is 0 Å². The van der Waals surface area contributed by atoms with Gasteiger partial charge in [0.15, 0.2) is 0 Å². The second-order valence-electron chi connectivity index (χ2n) is 18.6. The third-order valence-corrected chi connectivity index (χ3v) is 17.4. The lowest BCUT2D eigenvalue weighted by Crippen LogP contribution is -2.34. The molecule has 0 N–H and O–H groups in total. The zero-order valence-electron chi connectivity index (χ0n) is 39.5. The molecular weight excluding hydrogens is 921 g/mol. The van der Waals surface area contributed by atoms with Crippen LogP contribution in [-0.2, 0) is 16.0 Å². The monoisotopic (exact) mass is 1000 g/mol. The SMILES string of the molecule is CCCCCCCCC(CCCCCC)CN1C(=O)C2=C(c3cc(CCCCCC)c(Br)s3)N(CC(CCCCCC)CCCCCCCC)C(=O)C2=C1c1cc(C)c(Br)s1. The van der Waals surface area contributed by atoms with Crippen molar-refractivity contribution in [2.24, 2.45) is 11.8 Å². The van der Waals surface area contributed by atoms with Crippen molar-refractivity contribution in [3.05, 3.63) is 51.7 Å². The van der Waals surface area contributed by atoms with Crippen LogP contribution in [-0.4, -0.2) is 34.7 Å². The lowest BCUT2D eigenvalue weighted by atomic mass is 9.93. The van der Waals surface area contributed by atoms with Crippen LogP contribution in [0.1, 0.15) is 235 Å². The summed E-state index contributed by atoms with van der Waals surface area (Å²) < 4.78 is 2.22. The van der Waals surface area contributed by atoms with Gasteiger partial charge in [0.2, 0.25) is 0 Å². The van der Waals surface area contributed by atoms with Gasteiger partial charge in [-0.15, -0.1) is 22.7 Å². The minimum absolute atomic E-state index is 0.0453. The molecule has 61 heavy (non-hydrogen) atoms. The average molecular weight is 1010 g/mol. The zero-order valence-corrected chi connectivity index (χ0v) is 44.3. The predicted octanol–water partition coefficient (Wildman–Crippen LogP) is 18.2. The Balaban J connectivity index is 1.79. The molecule has 0 aromatic carbocycles. The fourth-order valence-electron chi connectivity index (χ4n) is 9.59. The predicted molar refractivity (Wildman–Crippen MR) is 274 cm³/mol. The Morgan fingerprint density at radius 3 is 1.21 bits per heavy atom. The maximum Gasteiger partial charge on any atom is 0.261 e. The van der Waals surface area contributed by atoms with E-state index in [0.29, 0.717) is 36.1 Å². The molecule has 0 spiro atoms. The second-order valence-corrected chi connectivity index (χ2v) is 23.4. The summed E-state index contributed by atoms with van der Waals surface area (Å²) in [4.78, 5) is 37.3. The first-order valence-electron chi connectivity index (χ1n) is 25.4. The topological polar surface area (TPSA) is 40.6 Å². The number of unbranched alkanes of at least 4 members (excludes halogenated alkanes) is 19. The number of fused-ring (bicyclic) bond motifs is 1. The van der Waals surface area contributed by atoms with E-state index in [-0.39, 0.29) is 11.8 Å². The molecule has 0 saturated carbocycles. The highest BCUT2D eigenvalue weighted by Gasteiger charge is 2.50. The number of thiophene rings is 2. The van der Waals surface area contributed by atoms with Gasteiger partial charge < -0.3 is 9.80 Å². The van der Waals surface area contributed by atoms with Gasteiger partial charge in [0, 0.05) is 13.1 Å². The van der Waals surface area contributed by atoms with E-state index in [2.05, 4.69) is 95.3 Å². The number of hydrogen-bond donors (Lipinski definition) is 0. The van der Waals surface area contributed by atoms with E-state index in [4.69, 9.17) is 0 Å². The molecule has 8 heteroatoms. The second kappa shape index (κ2) is 29.3. The molecular formula is C53H84Br2N2O2S2. The summed E-state index contributed by atoms with van der Waals surface area (Å²) in [7, 11) is 0. The third kappa shape index (κ3) is 16.0. The fourth-order valence-corrected chi connectivity index (χ4v) is 13.0. The summed E-state index contributed by atoms with van der Waals surface area (Å²) in [5.74, 6) is 0.918. The zero-order chi connectivity index (χ0) is 44.0. The van der Waals surface area contributed by atoms with E-state index < -0.39 is 0 Å². The minimum atomic E-state index is 0.0453. The highest BCUT2D eigenvalue weighted by atomic mass is 79.9. The van der Waals surface area contributed by atoms with E-state index in [1.165, 1.54) is 153 Å². The maximum absolute atomic E-state index is 15.5. The van der Waals surface area contributed by atoms with Gasteiger partial charge in [0.25, 0.3) is 11.8 Å². The van der Waals surface area contributed by atoms with Gasteiger partial charge in [-0.2, -0.15) is 0 Å². The van der Waals surface area contributed by atoms with Gasteiger partial charge in [-0.3, -0.25) is 9.59 Å². The minimum Gasteiger partial charge on any atom is -0.306 e. The standard InChI is InChI=1S/C53H84Br2N2O2S2/c1-7-12-17-22-24-28-33-41(31-26-19-14-9-3)38-56-48(44-36-40(6)50(54)60-44)46-47(53(56)59)49(45-37-43(51(55)61-45)35-30-21-16-11-5)57(52(46)58)39-42(32-27-20-15-10-4)34-29-25-23-18-13-8-2/h36-37,41-42H,7-35,38-39H2,1-6H3. The molecule has 4 nitrogen and oxygen atoms in total. The number of rotatable bonds is 35. The summed E-state index contributed by atoms with van der Waals surface area (Å²) in [6.07, 6.45) is 35.7. The number of nitrogens with zero attached hydrogens (tertiary/aromatic N) is 2. The average Bonchev–Trinajstić information content (AvgIpc) is 3.95. The molecule has 0 bridgehead atoms. The molecule has 2 aromatic heterocycles. The first-order valence-corrected chi connectivity index (χ1v) is 28.6. The fraction of sp³-hybridized carbons (Fsp3) is 0.736. The van der Waals surface area contributed by atoms with Crippen LogP contribution < -0.4 is 0 Å². The van der Waals surface area contributed by atoms with Crippen LogP contribution in [0.2, 0.25) is 0 Å². The number of carbonyl (C=O) groups excluding carboxylic acids is 2. The maximum atomic E-state index is 15.5. The Bertz CT molecular complexity index is 1650. The molecule has 344 valence electrons. The third-order valence-electron chi connectivity index (χ3n) is 13.3. The van der Waals surface area contributed by atoms with Crippen molar-refractivity contribution >= 4 is 77.7 Å². The van der Waals surface area contributed by atoms with Crippen LogP contribution in [0.3, 0.4) is 0 Å². The van der Waals surface area contributed by atoms with Crippen molar-refractivity contribution in [2.75, 3.05) is 13.1 Å². The first kappa shape index (κ1) is 52.4. The molecule has 2 aliphatic heterocycles. The van der Waals surface area contributed by atoms with E-state index in [9.17, 15) is 0 Å². The molecule has 2 aliphatic rings. The number of amides is 2. The van der Waals surface area contributed by atoms with Gasteiger partial charge >= 0.3 is 0 Å². The molecule has 2 aromatic rings. The Hall–Kier alpha value is -1.22. The van der Waals surface area contributed by atoms with Crippen molar-refractivity contribution in [3.8, 4) is 0 Å². The van der Waals surface area contributed by atoms with Gasteiger partial charge in [-0.1, -0.05) is 182 Å². The lowest BCUT2D eigenvalue weighted by Gasteiger charge is -2.29. The molecule has 2 amide bonds. The van der Waals surface area contributed by atoms with E-state index in [1.54, 1.807) is 22.7 Å². The summed E-state index contributed by atoms with van der Waals surface area (Å²) in [5, 5.41) is 0. The molecule has 4 heterocycles. The number of aryl methyl sites for hydroxylation is 2. The van der Waals surface area contributed by atoms with Gasteiger partial charge in [0.1, 0.15) is 0 Å². The Morgan fingerprint density at radius 1 is 0.475 bits per heavy atom. The smallest absolute Gasteiger partial charge is 0.261 e. The van der Waals surface area contributed by atoms with Gasteiger partial charge in [-0.05, 0) is 112 Å². The van der Waals surface area contributed by atoms with Crippen LogP contribution in [0, 0.1) is 18.8 Å². The summed E-state index contributed by atoms with van der Waals surface area (Å²) in [6, 6.07) is 4.54. The van der Waals surface area contributed by atoms with Crippen LogP contribution in [0.25, 0.3) is 11.4 Å². The first-order chi connectivity index (χ1) is 29.7. The van der Waals surface area contributed by atoms with E-state index in [1.807, 2.05) is 0 Å². The highest BCUT2D eigenvalue weighted by Crippen LogP contribution is 2.51. The number of hydrogen-bond acceptors (Lipinski definition) is 4. The van der Waals surface area contributed by atoms with Gasteiger partial charge in [0.05, 0.1) is 39.9 Å². The Kier molecular flexibility index (Phi) is 25.2. The van der Waals surface area contributed by atoms with E-state index >= 15 is 9.59 Å². The Morgan fingerprint density at radius 2 is 0.820 bits per heavy atom. The molecule has 2 unspecified atom stereocenters. The van der Waals surface area contributed by atoms with Crippen LogP contribution >= 0.6 is 54.5 Å². The normalized spacial score (nSPS) is 15.3. The number of carbonyl (C=O) groups is 2. The molecule has 0 fully saturated rings. The quantitative estimate of drug-likeness (QED) is 0.0646. The molecule has 0 saturated heterocycles. The van der Waals surface area contributed by atoms with Crippen LogP contribution in [0.4, 0.5) is 0 Å². The summed E-state index contributed by atoms with van der Waals surface area (Å²) >= 11 is 11.2. The molecule has 4 rings (SSSR count). The van der Waals surface area contributed by atoms with Gasteiger partial charge in [-0.25, -0.2) is 0 Å².